The van der Waals surface area contributed by atoms with Crippen molar-refractivity contribution < 1.29 is 14.7 Å². The van der Waals surface area contributed by atoms with Gasteiger partial charge in [-0.2, -0.15) is 5.26 Å². The van der Waals surface area contributed by atoms with Gasteiger partial charge in [-0.15, -0.1) is 0 Å². The van der Waals surface area contributed by atoms with Gasteiger partial charge in [-0.05, 0) is 6.42 Å². The van der Waals surface area contributed by atoms with E-state index >= 15 is 0 Å². The minimum Gasteiger partial charge on any atom is -0.481 e. The third-order valence-electron chi connectivity index (χ3n) is 2.18. The smallest absolute Gasteiger partial charge is 0.317 e. The fourth-order valence-electron chi connectivity index (χ4n) is 0.973. The zero-order valence-corrected chi connectivity index (χ0v) is 9.56. The molecule has 0 aliphatic rings. The van der Waals surface area contributed by atoms with E-state index in [1.165, 1.54) is 4.90 Å². The van der Waals surface area contributed by atoms with E-state index in [4.69, 9.17) is 10.4 Å². The number of carboxylic acids is 1. The van der Waals surface area contributed by atoms with Crippen LogP contribution < -0.4 is 5.32 Å². The topological polar surface area (TPSA) is 93.4 Å². The number of rotatable bonds is 6. The van der Waals surface area contributed by atoms with Crippen molar-refractivity contribution >= 4 is 12.0 Å². The molecule has 0 aromatic heterocycles. The van der Waals surface area contributed by atoms with Crippen LogP contribution in [0, 0.1) is 17.2 Å². The Balaban J connectivity index is 3.73. The van der Waals surface area contributed by atoms with Crippen LogP contribution in [0.1, 0.15) is 19.8 Å². The summed E-state index contributed by atoms with van der Waals surface area (Å²) in [7, 11) is 1.59. The van der Waals surface area contributed by atoms with Gasteiger partial charge in [0.05, 0.1) is 18.4 Å². The second-order valence-corrected chi connectivity index (χ2v) is 3.59. The Morgan fingerprint density at radius 3 is 2.69 bits per heavy atom. The van der Waals surface area contributed by atoms with Crippen LogP contribution >= 0.6 is 0 Å². The maximum absolute atomic E-state index is 11.4. The van der Waals surface area contributed by atoms with Gasteiger partial charge in [-0.3, -0.25) is 4.79 Å². The molecule has 2 N–H and O–H groups in total. The number of amides is 2. The number of nitrogens with zero attached hydrogens (tertiary/aromatic N) is 2. The molecule has 90 valence electrons. The van der Waals surface area contributed by atoms with Crippen molar-refractivity contribution in [3.63, 3.8) is 0 Å². The van der Waals surface area contributed by atoms with Crippen LogP contribution in [0.4, 0.5) is 4.79 Å². The first-order valence-electron chi connectivity index (χ1n) is 5.07. The van der Waals surface area contributed by atoms with Gasteiger partial charge < -0.3 is 15.3 Å². The molecule has 6 heteroatoms. The van der Waals surface area contributed by atoms with Crippen LogP contribution in [0.15, 0.2) is 0 Å². The Kier molecular flexibility index (Phi) is 6.68. The van der Waals surface area contributed by atoms with Crippen molar-refractivity contribution in [2.75, 3.05) is 20.1 Å². The molecule has 0 heterocycles. The van der Waals surface area contributed by atoms with Crippen molar-refractivity contribution in [1.82, 2.24) is 10.2 Å². The molecular formula is C10H17N3O3. The lowest BCUT2D eigenvalue weighted by molar-refractivity contribution is -0.141. The van der Waals surface area contributed by atoms with Crippen LogP contribution in [0.2, 0.25) is 0 Å². The Hall–Kier alpha value is -1.77. The molecule has 0 bridgehead atoms. The summed E-state index contributed by atoms with van der Waals surface area (Å²) in [6, 6.07) is 1.66. The molecule has 2 amide bonds. The fraction of sp³-hybridized carbons (Fsp3) is 0.700. The minimum atomic E-state index is -0.868. The Labute approximate surface area is 94.8 Å². The molecule has 0 saturated heterocycles. The van der Waals surface area contributed by atoms with Gasteiger partial charge in [0.2, 0.25) is 0 Å². The van der Waals surface area contributed by atoms with Crippen molar-refractivity contribution in [3.8, 4) is 6.07 Å². The average molecular weight is 227 g/mol. The number of carbonyl (C=O) groups excluding carboxylic acids is 1. The standard InChI is InChI=1S/C10H17N3O3/c1-8(9(14)15)4-6-12-10(16)13(2)7-3-5-11/h8H,3-4,6-7H2,1-2H3,(H,12,16)(H,14,15). The maximum Gasteiger partial charge on any atom is 0.317 e. The van der Waals surface area contributed by atoms with Gasteiger partial charge in [-0.1, -0.05) is 6.92 Å². The summed E-state index contributed by atoms with van der Waals surface area (Å²) >= 11 is 0. The highest BCUT2D eigenvalue weighted by molar-refractivity contribution is 5.74. The normalized spacial score (nSPS) is 11.3. The summed E-state index contributed by atoms with van der Waals surface area (Å²) in [6.45, 7) is 2.29. The number of hydrogen-bond acceptors (Lipinski definition) is 3. The van der Waals surface area contributed by atoms with Crippen LogP contribution in [-0.2, 0) is 4.79 Å². The molecule has 0 rings (SSSR count). The fourth-order valence-corrected chi connectivity index (χ4v) is 0.973. The minimum absolute atomic E-state index is 0.284. The molecule has 1 unspecified atom stereocenters. The molecule has 0 fully saturated rings. The molecule has 1 atom stereocenters. The Bertz CT molecular complexity index is 286. The Morgan fingerprint density at radius 2 is 2.19 bits per heavy atom. The molecule has 0 saturated carbocycles. The first-order valence-corrected chi connectivity index (χ1v) is 5.07. The van der Waals surface area contributed by atoms with Crippen LogP contribution in [0.25, 0.3) is 0 Å². The van der Waals surface area contributed by atoms with Gasteiger partial charge >= 0.3 is 12.0 Å². The number of hydrogen-bond donors (Lipinski definition) is 2. The summed E-state index contributed by atoms with van der Waals surface area (Å²) < 4.78 is 0. The SMILES string of the molecule is CC(CCNC(=O)N(C)CCC#N)C(=O)O. The zero-order chi connectivity index (χ0) is 12.6. The first-order chi connectivity index (χ1) is 7.49. The lowest BCUT2D eigenvalue weighted by atomic mass is 10.1. The molecule has 0 radical (unpaired) electrons. The summed E-state index contributed by atoms with van der Waals surface area (Å²) in [5.41, 5.74) is 0. The summed E-state index contributed by atoms with van der Waals surface area (Å²) in [5, 5.41) is 19.5. The van der Waals surface area contributed by atoms with Crippen LogP contribution in [0.3, 0.4) is 0 Å². The molecule has 0 aromatic rings. The molecule has 16 heavy (non-hydrogen) atoms. The second-order valence-electron chi connectivity index (χ2n) is 3.59. The summed E-state index contributed by atoms with van der Waals surface area (Å²) in [4.78, 5) is 23.2. The van der Waals surface area contributed by atoms with Crippen molar-refractivity contribution in [3.05, 3.63) is 0 Å². The lowest BCUT2D eigenvalue weighted by Crippen LogP contribution is -2.38. The summed E-state index contributed by atoms with van der Waals surface area (Å²) in [5.74, 6) is -1.34. The van der Waals surface area contributed by atoms with Crippen LogP contribution in [0.5, 0.6) is 0 Å². The zero-order valence-electron chi connectivity index (χ0n) is 9.56. The number of aliphatic carboxylic acids is 1. The lowest BCUT2D eigenvalue weighted by Gasteiger charge is -2.16. The first kappa shape index (κ1) is 14.2. The number of nitrogens with one attached hydrogen (secondary N) is 1. The van der Waals surface area contributed by atoms with E-state index in [0.29, 0.717) is 19.5 Å². The Morgan fingerprint density at radius 1 is 1.56 bits per heavy atom. The van der Waals surface area contributed by atoms with Crippen molar-refractivity contribution in [1.29, 1.82) is 5.26 Å². The van der Waals surface area contributed by atoms with Gasteiger partial charge in [0, 0.05) is 20.1 Å². The highest BCUT2D eigenvalue weighted by atomic mass is 16.4. The number of carboxylic acid groups (broad SMARTS) is 1. The van der Waals surface area contributed by atoms with Gasteiger partial charge in [0.15, 0.2) is 0 Å². The largest absolute Gasteiger partial charge is 0.481 e. The average Bonchev–Trinajstić information content (AvgIpc) is 2.25. The van der Waals surface area contributed by atoms with Gasteiger partial charge in [0.1, 0.15) is 0 Å². The molecular weight excluding hydrogens is 210 g/mol. The molecule has 0 spiro atoms. The number of carbonyl (C=O) groups is 2. The quantitative estimate of drug-likeness (QED) is 0.696. The monoisotopic (exact) mass is 227 g/mol. The summed E-state index contributed by atoms with van der Waals surface area (Å²) in [6.07, 6.45) is 0.683. The van der Waals surface area contributed by atoms with Crippen LogP contribution in [-0.4, -0.2) is 42.1 Å². The van der Waals surface area contributed by atoms with E-state index < -0.39 is 11.9 Å². The predicted octanol–water partition coefficient (Wildman–Crippen LogP) is 0.652. The van der Waals surface area contributed by atoms with E-state index in [0.717, 1.165) is 0 Å². The predicted molar refractivity (Wildman–Crippen MR) is 57.7 cm³/mol. The second kappa shape index (κ2) is 7.51. The van der Waals surface area contributed by atoms with Crippen molar-refractivity contribution in [2.24, 2.45) is 5.92 Å². The molecule has 6 nitrogen and oxygen atoms in total. The van der Waals surface area contributed by atoms with E-state index in [-0.39, 0.29) is 12.5 Å². The van der Waals surface area contributed by atoms with Gasteiger partial charge in [0.25, 0.3) is 0 Å². The van der Waals surface area contributed by atoms with Gasteiger partial charge in [-0.25, -0.2) is 4.79 Å². The third kappa shape index (κ3) is 5.86. The molecule has 0 aromatic carbocycles. The van der Waals surface area contributed by atoms with E-state index in [1.807, 2.05) is 6.07 Å². The van der Waals surface area contributed by atoms with E-state index in [2.05, 4.69) is 5.32 Å². The highest BCUT2D eigenvalue weighted by Gasteiger charge is 2.12. The number of urea groups is 1. The van der Waals surface area contributed by atoms with E-state index in [9.17, 15) is 9.59 Å². The van der Waals surface area contributed by atoms with Crippen molar-refractivity contribution in [2.45, 2.75) is 19.8 Å². The van der Waals surface area contributed by atoms with E-state index in [1.54, 1.807) is 14.0 Å². The molecule has 0 aliphatic heterocycles. The highest BCUT2D eigenvalue weighted by Crippen LogP contribution is 1.99. The third-order valence-corrected chi connectivity index (χ3v) is 2.18. The number of nitriles is 1. The molecule has 0 aliphatic carbocycles. The maximum atomic E-state index is 11.4.